The summed E-state index contributed by atoms with van der Waals surface area (Å²) in [5.41, 5.74) is 1.03. The molecule has 0 aliphatic heterocycles. The summed E-state index contributed by atoms with van der Waals surface area (Å²) in [6.07, 6.45) is 1.84. The molecule has 8 nitrogen and oxygen atoms in total. The van der Waals surface area contributed by atoms with E-state index in [0.29, 0.717) is 17.3 Å². The number of non-ortho nitro benzene ring substituents is 1. The predicted octanol–water partition coefficient (Wildman–Crippen LogP) is 4.57. The second kappa shape index (κ2) is 8.53. The highest BCUT2D eigenvalue weighted by Gasteiger charge is 2.13. The zero-order valence-electron chi connectivity index (χ0n) is 15.0. The molecule has 0 radical (unpaired) electrons. The number of hydrogen-bond acceptors (Lipinski definition) is 5. The zero-order chi connectivity index (χ0) is 20.1. The topological polar surface area (TPSA) is 99.3 Å². The highest BCUT2D eigenvalue weighted by Crippen LogP contribution is 2.30. The summed E-state index contributed by atoms with van der Waals surface area (Å²) in [6.45, 7) is 2.31. The molecule has 1 aromatic heterocycles. The van der Waals surface area contributed by atoms with Gasteiger partial charge in [-0.1, -0.05) is 11.6 Å². The summed E-state index contributed by atoms with van der Waals surface area (Å²) in [7, 11) is 0. The number of ether oxygens (including phenoxy) is 1. The summed E-state index contributed by atoms with van der Waals surface area (Å²) in [5.74, 6) is 0.416. The van der Waals surface area contributed by atoms with Gasteiger partial charge in [0.2, 0.25) is 5.91 Å². The molecular formula is C19H17ClN4O4. The lowest BCUT2D eigenvalue weighted by atomic mass is 10.2. The minimum Gasteiger partial charge on any atom is -0.457 e. The Balaban J connectivity index is 1.73. The number of benzene rings is 2. The molecule has 1 N–H and O–H groups in total. The van der Waals surface area contributed by atoms with E-state index in [1.165, 1.54) is 18.2 Å². The largest absolute Gasteiger partial charge is 0.457 e. The molecule has 1 heterocycles. The molecule has 3 aromatic rings. The van der Waals surface area contributed by atoms with Crippen LogP contribution in [0.1, 0.15) is 12.1 Å². The van der Waals surface area contributed by atoms with Gasteiger partial charge < -0.3 is 10.1 Å². The van der Waals surface area contributed by atoms with Crippen LogP contribution in [0.3, 0.4) is 0 Å². The number of aromatic nitrogens is 2. The van der Waals surface area contributed by atoms with Crippen molar-refractivity contribution in [1.29, 1.82) is 0 Å². The number of amides is 1. The summed E-state index contributed by atoms with van der Waals surface area (Å²) in [4.78, 5) is 22.9. The van der Waals surface area contributed by atoms with Crippen LogP contribution < -0.4 is 10.1 Å². The van der Waals surface area contributed by atoms with Crippen LogP contribution in [0.5, 0.6) is 11.5 Å². The fourth-order valence-electron chi connectivity index (χ4n) is 2.52. The van der Waals surface area contributed by atoms with E-state index < -0.39 is 4.92 Å². The fourth-order valence-corrected chi connectivity index (χ4v) is 2.65. The van der Waals surface area contributed by atoms with Gasteiger partial charge in [0.05, 0.1) is 16.7 Å². The van der Waals surface area contributed by atoms with E-state index in [0.717, 1.165) is 5.69 Å². The molecule has 0 unspecified atom stereocenters. The van der Waals surface area contributed by atoms with Crippen LogP contribution >= 0.6 is 11.6 Å². The molecule has 2 aromatic carbocycles. The Bertz CT molecular complexity index is 1000. The molecule has 0 saturated heterocycles. The lowest BCUT2D eigenvalue weighted by Crippen LogP contribution is -2.15. The standard InChI is InChI=1S/C19H17ClN4O4/c1-13-6-8-21-23(13)9-7-19(25)22-15-10-16(24(26)27)12-18(11-15)28-17-4-2-14(20)3-5-17/h2-6,8,10-12H,7,9H2,1H3,(H,22,25). The quantitative estimate of drug-likeness (QED) is 0.462. The number of hydrogen-bond donors (Lipinski definition) is 1. The Morgan fingerprint density at radius 1 is 1.21 bits per heavy atom. The number of nitrogens with one attached hydrogen (secondary N) is 1. The first-order valence-corrected chi connectivity index (χ1v) is 8.80. The Morgan fingerprint density at radius 3 is 2.61 bits per heavy atom. The van der Waals surface area contributed by atoms with Crippen molar-refractivity contribution in [2.45, 2.75) is 19.9 Å². The lowest BCUT2D eigenvalue weighted by molar-refractivity contribution is -0.384. The summed E-state index contributed by atoms with van der Waals surface area (Å²) in [5, 5.41) is 18.5. The van der Waals surface area contributed by atoms with E-state index in [1.54, 1.807) is 35.1 Å². The van der Waals surface area contributed by atoms with E-state index in [-0.39, 0.29) is 29.5 Å². The Morgan fingerprint density at radius 2 is 1.96 bits per heavy atom. The third kappa shape index (κ3) is 5.08. The number of halogens is 1. The van der Waals surface area contributed by atoms with Crippen LogP contribution in [-0.2, 0) is 11.3 Å². The van der Waals surface area contributed by atoms with Crippen LogP contribution in [0.25, 0.3) is 0 Å². The number of nitro benzene ring substituents is 1. The minimum atomic E-state index is -0.544. The van der Waals surface area contributed by atoms with E-state index in [2.05, 4.69) is 10.4 Å². The SMILES string of the molecule is Cc1ccnn1CCC(=O)Nc1cc(Oc2ccc(Cl)cc2)cc([N+](=O)[O-])c1. The monoisotopic (exact) mass is 400 g/mol. The van der Waals surface area contributed by atoms with Gasteiger partial charge in [-0.15, -0.1) is 0 Å². The molecule has 28 heavy (non-hydrogen) atoms. The van der Waals surface area contributed by atoms with Crippen LogP contribution in [0, 0.1) is 17.0 Å². The maximum atomic E-state index is 12.2. The molecule has 0 fully saturated rings. The maximum Gasteiger partial charge on any atom is 0.275 e. The van der Waals surface area contributed by atoms with E-state index in [1.807, 2.05) is 13.0 Å². The number of nitro groups is 1. The minimum absolute atomic E-state index is 0.179. The van der Waals surface area contributed by atoms with Crippen molar-refractivity contribution >= 4 is 28.9 Å². The van der Waals surface area contributed by atoms with Crippen molar-refractivity contribution < 1.29 is 14.5 Å². The Hall–Kier alpha value is -3.39. The zero-order valence-corrected chi connectivity index (χ0v) is 15.7. The average Bonchev–Trinajstić information content (AvgIpc) is 3.06. The molecule has 0 saturated carbocycles. The first-order valence-electron chi connectivity index (χ1n) is 8.42. The third-order valence-electron chi connectivity index (χ3n) is 3.91. The average molecular weight is 401 g/mol. The molecule has 0 aliphatic rings. The molecule has 0 aliphatic carbocycles. The first kappa shape index (κ1) is 19.4. The molecule has 9 heteroatoms. The van der Waals surface area contributed by atoms with Crippen molar-refractivity contribution in [2.24, 2.45) is 0 Å². The molecule has 0 bridgehead atoms. The molecule has 0 spiro atoms. The van der Waals surface area contributed by atoms with Crippen molar-refractivity contribution in [3.63, 3.8) is 0 Å². The van der Waals surface area contributed by atoms with E-state index in [4.69, 9.17) is 16.3 Å². The number of carbonyl (C=O) groups is 1. The first-order chi connectivity index (χ1) is 13.4. The molecular weight excluding hydrogens is 384 g/mol. The van der Waals surface area contributed by atoms with Crippen LogP contribution in [0.4, 0.5) is 11.4 Å². The summed E-state index contributed by atoms with van der Waals surface area (Å²) >= 11 is 5.84. The van der Waals surface area contributed by atoms with Gasteiger partial charge in [0, 0.05) is 42.0 Å². The third-order valence-corrected chi connectivity index (χ3v) is 4.17. The second-order valence-corrected chi connectivity index (χ2v) is 6.46. The fraction of sp³-hybridized carbons (Fsp3) is 0.158. The van der Waals surface area contributed by atoms with Crippen LogP contribution in [0.15, 0.2) is 54.7 Å². The van der Waals surface area contributed by atoms with Gasteiger partial charge in [0.1, 0.15) is 11.5 Å². The number of rotatable bonds is 7. The maximum absolute atomic E-state index is 12.2. The number of anilines is 1. The smallest absolute Gasteiger partial charge is 0.275 e. The van der Waals surface area contributed by atoms with Crippen molar-refractivity contribution in [2.75, 3.05) is 5.32 Å². The van der Waals surface area contributed by atoms with Gasteiger partial charge in [0.25, 0.3) is 5.69 Å². The second-order valence-electron chi connectivity index (χ2n) is 6.02. The molecule has 0 atom stereocenters. The lowest BCUT2D eigenvalue weighted by Gasteiger charge is -2.10. The number of aryl methyl sites for hydroxylation is 2. The molecule has 3 rings (SSSR count). The normalized spacial score (nSPS) is 10.5. The highest BCUT2D eigenvalue weighted by atomic mass is 35.5. The Labute approximate surface area is 165 Å². The number of carbonyl (C=O) groups excluding carboxylic acids is 1. The van der Waals surface area contributed by atoms with Gasteiger partial charge in [-0.25, -0.2) is 0 Å². The molecule has 144 valence electrons. The van der Waals surface area contributed by atoms with Gasteiger partial charge in [-0.2, -0.15) is 5.10 Å². The van der Waals surface area contributed by atoms with E-state index >= 15 is 0 Å². The van der Waals surface area contributed by atoms with Gasteiger partial charge >= 0.3 is 0 Å². The van der Waals surface area contributed by atoms with E-state index in [9.17, 15) is 14.9 Å². The van der Waals surface area contributed by atoms with Crippen LogP contribution in [0.2, 0.25) is 5.02 Å². The summed E-state index contributed by atoms with van der Waals surface area (Å²) < 4.78 is 7.36. The van der Waals surface area contributed by atoms with Crippen LogP contribution in [-0.4, -0.2) is 20.6 Å². The van der Waals surface area contributed by atoms with Gasteiger partial charge in [-0.3, -0.25) is 19.6 Å². The highest BCUT2D eigenvalue weighted by molar-refractivity contribution is 6.30. The van der Waals surface area contributed by atoms with Crippen molar-refractivity contribution in [3.05, 3.63) is 75.6 Å². The Kier molecular flexibility index (Phi) is 5.90. The van der Waals surface area contributed by atoms with Crippen molar-refractivity contribution in [3.8, 4) is 11.5 Å². The number of nitrogens with zero attached hydrogens (tertiary/aromatic N) is 3. The summed E-state index contributed by atoms with van der Waals surface area (Å²) in [6, 6.07) is 12.5. The van der Waals surface area contributed by atoms with Gasteiger partial charge in [-0.05, 0) is 37.3 Å². The van der Waals surface area contributed by atoms with Gasteiger partial charge in [0.15, 0.2) is 0 Å². The van der Waals surface area contributed by atoms with Crippen molar-refractivity contribution in [1.82, 2.24) is 9.78 Å². The molecule has 1 amide bonds. The predicted molar refractivity (Wildman–Crippen MR) is 105 cm³/mol.